The van der Waals surface area contributed by atoms with Gasteiger partial charge >= 0.3 is 0 Å². The van der Waals surface area contributed by atoms with E-state index in [0.29, 0.717) is 5.56 Å². The van der Waals surface area contributed by atoms with E-state index in [9.17, 15) is 4.79 Å². The van der Waals surface area contributed by atoms with Crippen molar-refractivity contribution < 1.29 is 4.79 Å². The van der Waals surface area contributed by atoms with E-state index >= 15 is 0 Å². The average molecular weight is 351 g/mol. The van der Waals surface area contributed by atoms with Gasteiger partial charge in [-0.1, -0.05) is 54.1 Å². The molecule has 1 heterocycles. The van der Waals surface area contributed by atoms with Crippen molar-refractivity contribution in [2.24, 2.45) is 0 Å². The Balaban J connectivity index is 1.89. The van der Waals surface area contributed by atoms with E-state index in [2.05, 4.69) is 0 Å². The molecule has 1 aliphatic rings. The molecule has 0 unspecified atom stereocenters. The number of benzene rings is 2. The molecular formula is C23H17N3O. The van der Waals surface area contributed by atoms with Crippen molar-refractivity contribution in [3.63, 3.8) is 0 Å². The van der Waals surface area contributed by atoms with E-state index in [1.165, 1.54) is 6.08 Å². The van der Waals surface area contributed by atoms with Crippen molar-refractivity contribution in [3.05, 3.63) is 95.2 Å². The topological polar surface area (TPSA) is 67.9 Å². The Morgan fingerprint density at radius 3 is 2.48 bits per heavy atom. The van der Waals surface area contributed by atoms with Gasteiger partial charge < -0.3 is 4.90 Å². The predicted octanol–water partition coefficient (Wildman–Crippen LogP) is 4.57. The van der Waals surface area contributed by atoms with Crippen LogP contribution in [0, 0.1) is 29.6 Å². The van der Waals surface area contributed by atoms with Crippen LogP contribution in [-0.4, -0.2) is 12.3 Å². The van der Waals surface area contributed by atoms with Crippen LogP contribution in [0.4, 0.5) is 5.69 Å². The molecule has 0 atom stereocenters. The first kappa shape index (κ1) is 17.9. The first-order valence-electron chi connectivity index (χ1n) is 8.48. The second kappa shape index (κ2) is 7.99. The van der Waals surface area contributed by atoms with Crippen molar-refractivity contribution >= 4 is 17.0 Å². The lowest BCUT2D eigenvalue weighted by Gasteiger charge is -2.27. The number of carbonyl (C=O) groups excluding carboxylic acids is 1. The number of nitrogens with zero attached hydrogens (tertiary/aromatic N) is 3. The molecule has 0 spiro atoms. The number of Topliss-reactive ketones (excluding diaryl/α,β-unsaturated/α-hetero) is 1. The Morgan fingerprint density at radius 1 is 1.07 bits per heavy atom. The van der Waals surface area contributed by atoms with Crippen molar-refractivity contribution in [1.82, 2.24) is 0 Å². The number of ketones is 1. The summed E-state index contributed by atoms with van der Waals surface area (Å²) in [5.74, 6) is 0.0398. The number of rotatable bonds is 4. The number of carbonyl (C=O) groups is 1. The molecule has 0 amide bonds. The first-order chi connectivity index (χ1) is 13.1. The highest BCUT2D eigenvalue weighted by Gasteiger charge is 2.18. The SMILES string of the molecule is Cc1ccc(C(=O)CN2C=CC(=CC=C(C#N)C#N)c3ccccc32)cc1. The Labute approximate surface area is 158 Å². The molecule has 0 aliphatic carbocycles. The maximum absolute atomic E-state index is 12.6. The highest BCUT2D eigenvalue weighted by atomic mass is 16.1. The molecule has 2 aromatic carbocycles. The summed E-state index contributed by atoms with van der Waals surface area (Å²) < 4.78 is 0. The van der Waals surface area contributed by atoms with Gasteiger partial charge in [0, 0.05) is 23.0 Å². The fourth-order valence-electron chi connectivity index (χ4n) is 2.85. The Kier molecular flexibility index (Phi) is 5.30. The van der Waals surface area contributed by atoms with Crippen LogP contribution in [0.3, 0.4) is 0 Å². The van der Waals surface area contributed by atoms with Gasteiger partial charge in [-0.3, -0.25) is 4.79 Å². The van der Waals surface area contributed by atoms with Gasteiger partial charge in [-0.15, -0.1) is 0 Å². The molecule has 0 aromatic heterocycles. The van der Waals surface area contributed by atoms with E-state index in [4.69, 9.17) is 10.5 Å². The number of aryl methyl sites for hydroxylation is 1. The summed E-state index contributed by atoms with van der Waals surface area (Å²) in [7, 11) is 0. The molecule has 1 aliphatic heterocycles. The highest BCUT2D eigenvalue weighted by molar-refractivity contribution is 6.00. The molecule has 2 aromatic rings. The van der Waals surface area contributed by atoms with Gasteiger partial charge in [0.2, 0.25) is 0 Å². The normalized spacial score (nSPS) is 13.4. The fourth-order valence-corrected chi connectivity index (χ4v) is 2.85. The van der Waals surface area contributed by atoms with Crippen molar-refractivity contribution in [2.75, 3.05) is 11.4 Å². The predicted molar refractivity (Wildman–Crippen MR) is 106 cm³/mol. The number of anilines is 1. The lowest BCUT2D eigenvalue weighted by molar-refractivity contribution is 0.100. The zero-order valence-corrected chi connectivity index (χ0v) is 14.9. The molecule has 130 valence electrons. The van der Waals surface area contributed by atoms with Crippen LogP contribution < -0.4 is 4.90 Å². The molecule has 27 heavy (non-hydrogen) atoms. The third-order valence-corrected chi connectivity index (χ3v) is 4.32. The largest absolute Gasteiger partial charge is 0.340 e. The quantitative estimate of drug-likeness (QED) is 0.598. The number of hydrogen-bond donors (Lipinski definition) is 0. The Bertz CT molecular complexity index is 1030. The Morgan fingerprint density at radius 2 is 1.78 bits per heavy atom. The zero-order chi connectivity index (χ0) is 19.2. The molecule has 0 radical (unpaired) electrons. The molecule has 0 bridgehead atoms. The average Bonchev–Trinajstić information content (AvgIpc) is 2.70. The third kappa shape index (κ3) is 4.03. The molecule has 0 saturated heterocycles. The zero-order valence-electron chi connectivity index (χ0n) is 14.9. The molecule has 4 nitrogen and oxygen atoms in total. The molecule has 3 rings (SSSR count). The van der Waals surface area contributed by atoms with E-state index in [1.807, 2.05) is 84.8 Å². The van der Waals surface area contributed by atoms with Crippen LogP contribution in [0.1, 0.15) is 21.5 Å². The summed E-state index contributed by atoms with van der Waals surface area (Å²) in [5, 5.41) is 17.8. The minimum Gasteiger partial charge on any atom is -0.340 e. The molecular weight excluding hydrogens is 334 g/mol. The van der Waals surface area contributed by atoms with E-state index in [0.717, 1.165) is 22.4 Å². The van der Waals surface area contributed by atoms with Gasteiger partial charge in [0.25, 0.3) is 0 Å². The maximum atomic E-state index is 12.6. The summed E-state index contributed by atoms with van der Waals surface area (Å²) in [6.07, 6.45) is 6.99. The molecule has 0 saturated carbocycles. The van der Waals surface area contributed by atoms with Gasteiger partial charge in [0.15, 0.2) is 5.78 Å². The minimum absolute atomic E-state index is 0.0398. The third-order valence-electron chi connectivity index (χ3n) is 4.32. The van der Waals surface area contributed by atoms with Crippen molar-refractivity contribution in [3.8, 4) is 12.1 Å². The minimum atomic E-state index is 0.0398. The number of nitriles is 2. The van der Waals surface area contributed by atoms with Crippen LogP contribution in [0.25, 0.3) is 5.57 Å². The Hall–Kier alpha value is -3.89. The lowest BCUT2D eigenvalue weighted by Crippen LogP contribution is -2.27. The number of allylic oxidation sites excluding steroid dienone is 5. The van der Waals surface area contributed by atoms with Gasteiger partial charge in [-0.2, -0.15) is 10.5 Å². The number of hydrogen-bond acceptors (Lipinski definition) is 4. The molecule has 0 N–H and O–H groups in total. The monoisotopic (exact) mass is 351 g/mol. The standard InChI is InChI=1S/C23H17N3O/c1-17-6-9-20(10-7-17)23(27)16-26-13-12-19(11-8-18(14-24)15-25)21-4-2-3-5-22(21)26/h2-13H,16H2,1H3. The number of para-hydroxylation sites is 1. The fraction of sp³-hybridized carbons (Fsp3) is 0.0870. The van der Waals surface area contributed by atoms with E-state index < -0.39 is 0 Å². The summed E-state index contributed by atoms with van der Waals surface area (Å²) in [6.45, 7) is 2.23. The second-order valence-corrected chi connectivity index (χ2v) is 6.18. The molecule has 0 fully saturated rings. The van der Waals surface area contributed by atoms with Crippen LogP contribution in [0.2, 0.25) is 0 Å². The summed E-state index contributed by atoms with van der Waals surface area (Å²) in [5.41, 5.74) is 4.59. The van der Waals surface area contributed by atoms with Crippen molar-refractivity contribution in [1.29, 1.82) is 10.5 Å². The van der Waals surface area contributed by atoms with Crippen LogP contribution in [0.15, 0.2) is 78.5 Å². The summed E-state index contributed by atoms with van der Waals surface area (Å²) in [6, 6.07) is 19.0. The highest BCUT2D eigenvalue weighted by Crippen LogP contribution is 2.32. The van der Waals surface area contributed by atoms with E-state index in [-0.39, 0.29) is 17.9 Å². The van der Waals surface area contributed by atoms with Gasteiger partial charge in [0.05, 0.1) is 6.54 Å². The summed E-state index contributed by atoms with van der Waals surface area (Å²) in [4.78, 5) is 14.5. The first-order valence-corrected chi connectivity index (χ1v) is 8.48. The van der Waals surface area contributed by atoms with Crippen LogP contribution in [-0.2, 0) is 0 Å². The molecule has 4 heteroatoms. The van der Waals surface area contributed by atoms with Crippen LogP contribution in [0.5, 0.6) is 0 Å². The van der Waals surface area contributed by atoms with Gasteiger partial charge in [0.1, 0.15) is 17.7 Å². The lowest BCUT2D eigenvalue weighted by atomic mass is 9.98. The van der Waals surface area contributed by atoms with Crippen molar-refractivity contribution in [2.45, 2.75) is 6.92 Å². The van der Waals surface area contributed by atoms with Gasteiger partial charge in [-0.05, 0) is 30.7 Å². The smallest absolute Gasteiger partial charge is 0.182 e. The number of fused-ring (bicyclic) bond motifs is 1. The van der Waals surface area contributed by atoms with Crippen LogP contribution >= 0.6 is 0 Å². The van der Waals surface area contributed by atoms with Gasteiger partial charge in [-0.25, -0.2) is 0 Å². The van der Waals surface area contributed by atoms with E-state index in [1.54, 1.807) is 6.08 Å². The summed E-state index contributed by atoms with van der Waals surface area (Å²) >= 11 is 0. The maximum Gasteiger partial charge on any atom is 0.182 e. The second-order valence-electron chi connectivity index (χ2n) is 6.18.